The normalized spacial score (nSPS) is 22.8. The van der Waals surface area contributed by atoms with Gasteiger partial charge in [0.15, 0.2) is 0 Å². The quantitative estimate of drug-likeness (QED) is 0.810. The summed E-state index contributed by atoms with van der Waals surface area (Å²) in [6.07, 6.45) is 16.6. The van der Waals surface area contributed by atoms with Crippen molar-refractivity contribution in [2.45, 2.75) is 38.1 Å². The third-order valence-corrected chi connectivity index (χ3v) is 5.29. The molecule has 0 aromatic carbocycles. The first-order valence-electron chi connectivity index (χ1n) is 9.08. The van der Waals surface area contributed by atoms with Crippen molar-refractivity contribution in [3.8, 4) is 11.3 Å². The molecule has 1 aliphatic carbocycles. The Balaban J connectivity index is 1.33. The highest BCUT2D eigenvalue weighted by atomic mass is 15.4. The van der Waals surface area contributed by atoms with Crippen molar-refractivity contribution in [2.75, 3.05) is 19.6 Å². The number of pyridine rings is 1. The summed E-state index contributed by atoms with van der Waals surface area (Å²) in [6.45, 7) is 3.61. The van der Waals surface area contributed by atoms with Crippen molar-refractivity contribution < 1.29 is 0 Å². The maximum atomic E-state index is 4.37. The van der Waals surface area contributed by atoms with E-state index in [0.29, 0.717) is 6.04 Å². The molecule has 2 aromatic rings. The van der Waals surface area contributed by atoms with E-state index in [1.807, 2.05) is 18.3 Å². The van der Waals surface area contributed by atoms with Crippen LogP contribution in [0.15, 0.2) is 42.9 Å². The molecule has 1 fully saturated rings. The molecule has 126 valence electrons. The fourth-order valence-electron chi connectivity index (χ4n) is 3.86. The minimum absolute atomic E-state index is 0.477. The number of piperidine rings is 1. The van der Waals surface area contributed by atoms with Gasteiger partial charge in [-0.25, -0.2) is 4.68 Å². The fraction of sp³-hybridized carbons (Fsp3) is 0.526. The van der Waals surface area contributed by atoms with Crippen LogP contribution in [-0.4, -0.2) is 44.5 Å². The summed E-state index contributed by atoms with van der Waals surface area (Å²) in [4.78, 5) is 6.80. The fourth-order valence-corrected chi connectivity index (χ4v) is 3.86. The number of likely N-dealkylation sites (tertiary alicyclic amines) is 1. The predicted octanol–water partition coefficient (Wildman–Crippen LogP) is 3.33. The third-order valence-electron chi connectivity index (χ3n) is 5.29. The predicted molar refractivity (Wildman–Crippen MR) is 94.4 cm³/mol. The highest BCUT2D eigenvalue weighted by Crippen LogP contribution is 2.26. The lowest BCUT2D eigenvalue weighted by molar-refractivity contribution is 0.153. The van der Waals surface area contributed by atoms with Gasteiger partial charge in [0.25, 0.3) is 0 Å². The molecule has 0 amide bonds. The zero-order valence-corrected chi connectivity index (χ0v) is 14.1. The Morgan fingerprint density at radius 2 is 2.04 bits per heavy atom. The first-order chi connectivity index (χ1) is 11.9. The first-order valence-corrected chi connectivity index (χ1v) is 9.08. The number of allylic oxidation sites excluding steroid dienone is 2. The third kappa shape index (κ3) is 3.56. The van der Waals surface area contributed by atoms with Crippen LogP contribution < -0.4 is 0 Å². The number of hydrogen-bond acceptors (Lipinski definition) is 4. The molecule has 24 heavy (non-hydrogen) atoms. The molecular formula is C19H25N5. The van der Waals surface area contributed by atoms with Gasteiger partial charge in [0.2, 0.25) is 0 Å². The van der Waals surface area contributed by atoms with Gasteiger partial charge in [-0.1, -0.05) is 17.4 Å². The Kier molecular flexibility index (Phi) is 4.69. The molecule has 4 rings (SSSR count). The molecule has 1 saturated heterocycles. The van der Waals surface area contributed by atoms with Crippen molar-refractivity contribution in [3.63, 3.8) is 0 Å². The standard InChI is InChI=1S/C19H25N5/c1-2-5-16(6-3-1)14-23-11-8-18(9-12-23)24-15-19(21-22-24)17-7-4-10-20-13-17/h1-2,4,7,10,13,15-16,18H,3,5-6,8-9,11-12,14H2. The van der Waals surface area contributed by atoms with Crippen LogP contribution in [0.4, 0.5) is 0 Å². The van der Waals surface area contributed by atoms with Crippen LogP contribution in [0.25, 0.3) is 11.3 Å². The second-order valence-electron chi connectivity index (χ2n) is 7.01. The molecule has 2 aromatic heterocycles. The van der Waals surface area contributed by atoms with Gasteiger partial charge in [-0.05, 0) is 50.2 Å². The molecule has 2 aliphatic rings. The van der Waals surface area contributed by atoms with E-state index >= 15 is 0 Å². The van der Waals surface area contributed by atoms with E-state index in [-0.39, 0.29) is 0 Å². The molecule has 0 spiro atoms. The highest BCUT2D eigenvalue weighted by molar-refractivity contribution is 5.55. The lowest BCUT2D eigenvalue weighted by Crippen LogP contribution is -2.38. The lowest BCUT2D eigenvalue weighted by atomic mass is 9.93. The van der Waals surface area contributed by atoms with Crippen LogP contribution in [0.5, 0.6) is 0 Å². The van der Waals surface area contributed by atoms with Crippen LogP contribution in [-0.2, 0) is 0 Å². The van der Waals surface area contributed by atoms with Crippen molar-refractivity contribution in [1.29, 1.82) is 0 Å². The van der Waals surface area contributed by atoms with Gasteiger partial charge in [0, 0.05) is 37.6 Å². The molecule has 1 aliphatic heterocycles. The molecule has 0 N–H and O–H groups in total. The Hall–Kier alpha value is -2.01. The van der Waals surface area contributed by atoms with E-state index in [4.69, 9.17) is 0 Å². The van der Waals surface area contributed by atoms with Crippen molar-refractivity contribution >= 4 is 0 Å². The smallest absolute Gasteiger partial charge is 0.114 e. The summed E-state index contributed by atoms with van der Waals surface area (Å²) < 4.78 is 2.06. The second kappa shape index (κ2) is 7.26. The molecule has 0 bridgehead atoms. The van der Waals surface area contributed by atoms with E-state index in [9.17, 15) is 0 Å². The lowest BCUT2D eigenvalue weighted by Gasteiger charge is -2.34. The molecule has 5 nitrogen and oxygen atoms in total. The summed E-state index contributed by atoms with van der Waals surface area (Å²) in [6, 6.07) is 4.45. The zero-order chi connectivity index (χ0) is 16.2. The van der Waals surface area contributed by atoms with Crippen molar-refractivity contribution in [1.82, 2.24) is 24.9 Å². The largest absolute Gasteiger partial charge is 0.303 e. The summed E-state index contributed by atoms with van der Waals surface area (Å²) in [5.74, 6) is 0.857. The number of nitrogens with zero attached hydrogens (tertiary/aromatic N) is 5. The van der Waals surface area contributed by atoms with Gasteiger partial charge in [-0.3, -0.25) is 4.98 Å². The zero-order valence-electron chi connectivity index (χ0n) is 14.1. The molecule has 0 radical (unpaired) electrons. The second-order valence-corrected chi connectivity index (χ2v) is 7.01. The average Bonchev–Trinajstić information content (AvgIpc) is 3.14. The van der Waals surface area contributed by atoms with Gasteiger partial charge in [0.1, 0.15) is 5.69 Å². The van der Waals surface area contributed by atoms with Gasteiger partial charge in [0.05, 0.1) is 12.2 Å². The van der Waals surface area contributed by atoms with Crippen LogP contribution in [0.1, 0.15) is 38.1 Å². The van der Waals surface area contributed by atoms with E-state index in [1.165, 1.54) is 51.7 Å². The minimum atomic E-state index is 0.477. The van der Waals surface area contributed by atoms with Gasteiger partial charge >= 0.3 is 0 Å². The van der Waals surface area contributed by atoms with Gasteiger partial charge in [-0.15, -0.1) is 5.10 Å². The van der Waals surface area contributed by atoms with E-state index in [0.717, 1.165) is 17.2 Å². The van der Waals surface area contributed by atoms with Crippen LogP contribution in [0.3, 0.4) is 0 Å². The molecule has 5 heteroatoms. The first kappa shape index (κ1) is 15.5. The van der Waals surface area contributed by atoms with E-state index in [1.54, 1.807) is 6.20 Å². The van der Waals surface area contributed by atoms with Crippen LogP contribution in [0, 0.1) is 5.92 Å². The minimum Gasteiger partial charge on any atom is -0.303 e. The molecule has 1 atom stereocenters. The monoisotopic (exact) mass is 323 g/mol. The van der Waals surface area contributed by atoms with E-state index in [2.05, 4.69) is 43.2 Å². The summed E-state index contributed by atoms with van der Waals surface area (Å²) in [7, 11) is 0. The van der Waals surface area contributed by atoms with Crippen molar-refractivity contribution in [2.24, 2.45) is 5.92 Å². The van der Waals surface area contributed by atoms with Gasteiger partial charge in [-0.2, -0.15) is 0 Å². The average molecular weight is 323 g/mol. The summed E-state index contributed by atoms with van der Waals surface area (Å²) >= 11 is 0. The van der Waals surface area contributed by atoms with Crippen LogP contribution in [0.2, 0.25) is 0 Å². The Morgan fingerprint density at radius 3 is 2.79 bits per heavy atom. The number of hydrogen-bond donors (Lipinski definition) is 0. The Morgan fingerprint density at radius 1 is 1.12 bits per heavy atom. The number of rotatable bonds is 4. The maximum Gasteiger partial charge on any atom is 0.114 e. The Labute approximate surface area is 143 Å². The molecule has 3 heterocycles. The summed E-state index contributed by atoms with van der Waals surface area (Å²) in [5.41, 5.74) is 1.95. The van der Waals surface area contributed by atoms with Crippen LogP contribution >= 0.6 is 0 Å². The SMILES string of the molecule is C1=CCC(CN2CCC(n3cc(-c4cccnc4)nn3)CC2)CC1. The van der Waals surface area contributed by atoms with Crippen molar-refractivity contribution in [3.05, 3.63) is 42.9 Å². The molecule has 1 unspecified atom stereocenters. The Bertz CT molecular complexity index is 670. The topological polar surface area (TPSA) is 46.8 Å². The molecular weight excluding hydrogens is 298 g/mol. The highest BCUT2D eigenvalue weighted by Gasteiger charge is 2.23. The maximum absolute atomic E-state index is 4.37. The van der Waals surface area contributed by atoms with Gasteiger partial charge < -0.3 is 4.90 Å². The molecule has 0 saturated carbocycles. The summed E-state index contributed by atoms with van der Waals surface area (Å²) in [5, 5.41) is 8.69. The van der Waals surface area contributed by atoms with E-state index < -0.39 is 0 Å². The number of aromatic nitrogens is 4.